The van der Waals surface area contributed by atoms with E-state index in [2.05, 4.69) is 15.1 Å². The summed E-state index contributed by atoms with van der Waals surface area (Å²) in [6.07, 6.45) is 7.06. The van der Waals surface area contributed by atoms with Crippen LogP contribution in [-0.2, 0) is 7.05 Å². The maximum absolute atomic E-state index is 13.6. The van der Waals surface area contributed by atoms with Crippen molar-refractivity contribution in [1.29, 1.82) is 0 Å². The number of aryl methyl sites for hydroxylation is 1. The zero-order chi connectivity index (χ0) is 16.0. The maximum atomic E-state index is 13.6. The topological polar surface area (TPSA) is 46.5 Å². The van der Waals surface area contributed by atoms with Gasteiger partial charge in [-0.25, -0.2) is 13.8 Å². The number of benzene rings is 1. The van der Waals surface area contributed by atoms with Crippen LogP contribution in [0.4, 0.5) is 8.78 Å². The molecule has 3 heterocycles. The molecule has 0 aliphatic heterocycles. The van der Waals surface area contributed by atoms with Gasteiger partial charge in [-0.1, -0.05) is 0 Å². The van der Waals surface area contributed by atoms with Crippen molar-refractivity contribution in [2.75, 3.05) is 0 Å². The number of H-pyrrole nitrogens is 1. The molecule has 0 saturated carbocycles. The number of rotatable bonds is 2. The zero-order valence-corrected chi connectivity index (χ0v) is 12.2. The Kier molecular flexibility index (Phi) is 2.97. The highest BCUT2D eigenvalue weighted by atomic mass is 19.1. The first-order chi connectivity index (χ1) is 11.1. The molecule has 6 heteroatoms. The van der Waals surface area contributed by atoms with Crippen LogP contribution in [0.2, 0.25) is 0 Å². The minimum atomic E-state index is -0.608. The molecular formula is C17H12F2N4. The minimum Gasteiger partial charge on any atom is -0.345 e. The van der Waals surface area contributed by atoms with E-state index in [1.807, 2.05) is 19.4 Å². The van der Waals surface area contributed by atoms with Gasteiger partial charge in [-0.15, -0.1) is 0 Å². The molecule has 0 bridgehead atoms. The molecule has 0 saturated heterocycles. The normalized spacial score (nSPS) is 11.3. The fourth-order valence-corrected chi connectivity index (χ4v) is 2.79. The lowest BCUT2D eigenvalue weighted by Crippen LogP contribution is -1.87. The number of halogens is 2. The van der Waals surface area contributed by atoms with E-state index in [0.29, 0.717) is 16.8 Å². The predicted molar refractivity (Wildman–Crippen MR) is 83.6 cm³/mol. The van der Waals surface area contributed by atoms with Gasteiger partial charge in [0.05, 0.1) is 6.20 Å². The Bertz CT molecular complexity index is 996. The SMILES string of the molecule is Cn1cc(-c2c[nH]c3nccc(-c4cc(F)cc(F)c4)c23)cn1. The second-order valence-corrected chi connectivity index (χ2v) is 5.35. The van der Waals surface area contributed by atoms with Crippen molar-refractivity contribution in [3.8, 4) is 22.3 Å². The summed E-state index contributed by atoms with van der Waals surface area (Å²) >= 11 is 0. The summed E-state index contributed by atoms with van der Waals surface area (Å²) in [5.41, 5.74) is 3.64. The van der Waals surface area contributed by atoms with Gasteiger partial charge >= 0.3 is 0 Å². The van der Waals surface area contributed by atoms with Crippen LogP contribution in [0.1, 0.15) is 0 Å². The van der Waals surface area contributed by atoms with E-state index in [0.717, 1.165) is 22.6 Å². The molecule has 0 aliphatic rings. The summed E-state index contributed by atoms with van der Waals surface area (Å²) in [6.45, 7) is 0. The van der Waals surface area contributed by atoms with E-state index in [1.165, 1.54) is 12.1 Å². The lowest BCUT2D eigenvalue weighted by molar-refractivity contribution is 0.584. The van der Waals surface area contributed by atoms with Gasteiger partial charge in [-0.2, -0.15) is 5.10 Å². The van der Waals surface area contributed by atoms with E-state index in [-0.39, 0.29) is 0 Å². The number of pyridine rings is 1. The average Bonchev–Trinajstić information content (AvgIpc) is 3.11. The number of aromatic nitrogens is 4. The van der Waals surface area contributed by atoms with Gasteiger partial charge in [0, 0.05) is 48.2 Å². The van der Waals surface area contributed by atoms with Crippen LogP contribution in [0.3, 0.4) is 0 Å². The molecule has 1 aromatic carbocycles. The summed E-state index contributed by atoms with van der Waals surface area (Å²) in [5, 5.41) is 4.98. The van der Waals surface area contributed by atoms with Crippen molar-refractivity contribution in [3.05, 3.63) is 60.7 Å². The monoisotopic (exact) mass is 310 g/mol. The van der Waals surface area contributed by atoms with Gasteiger partial charge in [-0.3, -0.25) is 4.68 Å². The van der Waals surface area contributed by atoms with E-state index in [4.69, 9.17) is 0 Å². The highest BCUT2D eigenvalue weighted by Gasteiger charge is 2.15. The quantitative estimate of drug-likeness (QED) is 0.610. The summed E-state index contributed by atoms with van der Waals surface area (Å²) in [4.78, 5) is 7.39. The molecule has 23 heavy (non-hydrogen) atoms. The molecule has 114 valence electrons. The molecule has 4 rings (SSSR count). The van der Waals surface area contributed by atoms with E-state index < -0.39 is 11.6 Å². The Morgan fingerprint density at radius 1 is 1.04 bits per heavy atom. The third-order valence-corrected chi connectivity index (χ3v) is 3.76. The molecule has 0 amide bonds. The van der Waals surface area contributed by atoms with Crippen molar-refractivity contribution in [3.63, 3.8) is 0 Å². The molecule has 3 aromatic heterocycles. The molecule has 0 fully saturated rings. The Morgan fingerprint density at radius 3 is 2.52 bits per heavy atom. The fraction of sp³-hybridized carbons (Fsp3) is 0.0588. The Hall–Kier alpha value is -3.02. The highest BCUT2D eigenvalue weighted by Crippen LogP contribution is 2.35. The van der Waals surface area contributed by atoms with Gasteiger partial charge < -0.3 is 4.98 Å². The maximum Gasteiger partial charge on any atom is 0.138 e. The third kappa shape index (κ3) is 2.28. The summed E-state index contributed by atoms with van der Waals surface area (Å²) in [7, 11) is 1.83. The van der Waals surface area contributed by atoms with Crippen molar-refractivity contribution < 1.29 is 8.78 Å². The van der Waals surface area contributed by atoms with Crippen molar-refractivity contribution in [1.82, 2.24) is 19.7 Å². The molecule has 1 N–H and O–H groups in total. The molecule has 4 nitrogen and oxygen atoms in total. The fourth-order valence-electron chi connectivity index (χ4n) is 2.79. The zero-order valence-electron chi connectivity index (χ0n) is 12.2. The van der Waals surface area contributed by atoms with Crippen LogP contribution in [0.5, 0.6) is 0 Å². The van der Waals surface area contributed by atoms with Gasteiger partial charge in [0.25, 0.3) is 0 Å². The molecule has 0 spiro atoms. The van der Waals surface area contributed by atoms with Gasteiger partial charge in [-0.05, 0) is 29.3 Å². The highest BCUT2D eigenvalue weighted by molar-refractivity contribution is 6.03. The van der Waals surface area contributed by atoms with Gasteiger partial charge in [0.2, 0.25) is 0 Å². The largest absolute Gasteiger partial charge is 0.345 e. The van der Waals surface area contributed by atoms with Crippen LogP contribution >= 0.6 is 0 Å². The molecule has 0 atom stereocenters. The number of nitrogens with one attached hydrogen (secondary N) is 1. The van der Waals surface area contributed by atoms with Crippen molar-refractivity contribution in [2.24, 2.45) is 7.05 Å². The lowest BCUT2D eigenvalue weighted by atomic mass is 9.99. The molecule has 0 aliphatic carbocycles. The van der Waals surface area contributed by atoms with Crippen LogP contribution in [0, 0.1) is 11.6 Å². The van der Waals surface area contributed by atoms with Crippen molar-refractivity contribution in [2.45, 2.75) is 0 Å². The van der Waals surface area contributed by atoms with Gasteiger partial charge in [0.1, 0.15) is 17.3 Å². The summed E-state index contributed by atoms with van der Waals surface area (Å²) < 4.78 is 28.9. The lowest BCUT2D eigenvalue weighted by Gasteiger charge is -2.06. The number of hydrogen-bond acceptors (Lipinski definition) is 2. The first kappa shape index (κ1) is 13.6. The Morgan fingerprint density at radius 2 is 1.83 bits per heavy atom. The number of hydrogen-bond donors (Lipinski definition) is 1. The van der Waals surface area contributed by atoms with Crippen LogP contribution in [-0.4, -0.2) is 19.7 Å². The first-order valence-electron chi connectivity index (χ1n) is 7.03. The molecule has 0 unspecified atom stereocenters. The second kappa shape index (κ2) is 5.01. The van der Waals surface area contributed by atoms with Crippen LogP contribution in [0.25, 0.3) is 33.3 Å². The smallest absolute Gasteiger partial charge is 0.138 e. The number of aromatic amines is 1. The number of fused-ring (bicyclic) bond motifs is 1. The third-order valence-electron chi connectivity index (χ3n) is 3.76. The summed E-state index contributed by atoms with van der Waals surface area (Å²) in [5.74, 6) is -1.22. The first-order valence-corrected chi connectivity index (χ1v) is 7.03. The Balaban J connectivity index is 2.02. The number of nitrogens with zero attached hydrogens (tertiary/aromatic N) is 3. The minimum absolute atomic E-state index is 0.472. The predicted octanol–water partition coefficient (Wildman–Crippen LogP) is 3.91. The van der Waals surface area contributed by atoms with Gasteiger partial charge in [0.15, 0.2) is 0 Å². The van der Waals surface area contributed by atoms with E-state index >= 15 is 0 Å². The van der Waals surface area contributed by atoms with Crippen LogP contribution in [0.15, 0.2) is 49.1 Å². The Labute approximate surface area is 130 Å². The van der Waals surface area contributed by atoms with E-state index in [1.54, 1.807) is 23.1 Å². The van der Waals surface area contributed by atoms with Crippen LogP contribution < -0.4 is 0 Å². The molecule has 4 aromatic rings. The standard InChI is InChI=1S/C17H12F2N4/c1-23-9-11(7-22-23)15-8-21-17-16(15)14(2-3-20-17)10-4-12(18)6-13(19)5-10/h2-9H,1H3,(H,20,21). The van der Waals surface area contributed by atoms with Crippen molar-refractivity contribution >= 4 is 11.0 Å². The molecule has 0 radical (unpaired) electrons. The molecular weight excluding hydrogens is 298 g/mol. The second-order valence-electron chi connectivity index (χ2n) is 5.35. The summed E-state index contributed by atoms with van der Waals surface area (Å²) in [6, 6.07) is 5.25. The van der Waals surface area contributed by atoms with E-state index in [9.17, 15) is 8.78 Å². The average molecular weight is 310 g/mol.